The van der Waals surface area contributed by atoms with Crippen molar-refractivity contribution in [2.24, 2.45) is 4.99 Å². The largest absolute Gasteiger partial charge is 0.241 e. The Hall–Kier alpha value is -1.18. The van der Waals surface area contributed by atoms with Crippen molar-refractivity contribution in [3.05, 3.63) is 29.0 Å². The fourth-order valence-electron chi connectivity index (χ4n) is 0.639. The molecule has 0 aliphatic heterocycles. The minimum Gasteiger partial charge on any atom is -0.241 e. The van der Waals surface area contributed by atoms with E-state index in [1.54, 1.807) is 6.01 Å². The minimum absolute atomic E-state index is 0.0766. The molecule has 0 saturated heterocycles. The molecule has 11 heavy (non-hydrogen) atoms. The fourth-order valence-corrected chi connectivity index (χ4v) is 0.807. The fraction of sp³-hybridized carbons (Fsp3) is 0. The van der Waals surface area contributed by atoms with Gasteiger partial charge in [-0.3, -0.25) is 0 Å². The molecule has 0 spiro atoms. The van der Waals surface area contributed by atoms with Gasteiger partial charge in [0, 0.05) is 0 Å². The van der Waals surface area contributed by atoms with Crippen molar-refractivity contribution in [2.75, 3.05) is 0 Å². The van der Waals surface area contributed by atoms with Gasteiger partial charge in [0.15, 0.2) is 0 Å². The van der Waals surface area contributed by atoms with Gasteiger partial charge in [0.1, 0.15) is 10.8 Å². The summed E-state index contributed by atoms with van der Waals surface area (Å²) < 4.78 is 12.6. The molecule has 4 heteroatoms. The maximum Gasteiger partial charge on any atom is 0.144 e. The molecule has 1 N–H and O–H groups in total. The topological polar surface area (TPSA) is 36.2 Å². The Balaban J connectivity index is 3.26. The van der Waals surface area contributed by atoms with Crippen LogP contribution in [-0.2, 0) is 0 Å². The zero-order chi connectivity index (χ0) is 8.27. The molecule has 1 aromatic rings. The SMILES string of the molecule is N=C=Nc1cccc(F)c1Cl. The Morgan fingerprint density at radius 2 is 2.27 bits per heavy atom. The van der Waals surface area contributed by atoms with Crippen molar-refractivity contribution in [3.63, 3.8) is 0 Å². The summed E-state index contributed by atoms with van der Waals surface area (Å²) >= 11 is 5.48. The van der Waals surface area contributed by atoms with E-state index in [1.165, 1.54) is 18.2 Å². The predicted octanol–water partition coefficient (Wildman–Crippen LogP) is 2.86. The molecular formula is C7H4ClFN2. The van der Waals surface area contributed by atoms with Gasteiger partial charge < -0.3 is 0 Å². The molecule has 1 aromatic carbocycles. The third kappa shape index (κ3) is 1.64. The second kappa shape index (κ2) is 3.28. The molecule has 1 rings (SSSR count). The summed E-state index contributed by atoms with van der Waals surface area (Å²) in [5, 5.41) is 6.43. The number of rotatable bonds is 1. The van der Waals surface area contributed by atoms with E-state index in [0.29, 0.717) is 0 Å². The van der Waals surface area contributed by atoms with E-state index >= 15 is 0 Å². The van der Waals surface area contributed by atoms with Gasteiger partial charge in [-0.1, -0.05) is 17.7 Å². The van der Waals surface area contributed by atoms with Crippen LogP contribution < -0.4 is 0 Å². The summed E-state index contributed by atoms with van der Waals surface area (Å²) in [5.74, 6) is -0.539. The lowest BCUT2D eigenvalue weighted by atomic mass is 10.3. The van der Waals surface area contributed by atoms with Crippen LogP contribution in [0.1, 0.15) is 0 Å². The lowest BCUT2D eigenvalue weighted by Gasteiger charge is -1.94. The van der Waals surface area contributed by atoms with Crippen molar-refractivity contribution in [2.45, 2.75) is 0 Å². The third-order valence-corrected chi connectivity index (χ3v) is 1.48. The van der Waals surface area contributed by atoms with E-state index in [9.17, 15) is 4.39 Å². The van der Waals surface area contributed by atoms with Crippen molar-refractivity contribution >= 4 is 23.3 Å². The molecule has 0 aliphatic carbocycles. The van der Waals surface area contributed by atoms with E-state index in [4.69, 9.17) is 17.0 Å². The molecule has 0 radical (unpaired) electrons. The zero-order valence-electron chi connectivity index (χ0n) is 5.44. The minimum atomic E-state index is -0.539. The van der Waals surface area contributed by atoms with E-state index in [0.717, 1.165) is 0 Å². The van der Waals surface area contributed by atoms with Crippen molar-refractivity contribution in [1.82, 2.24) is 0 Å². The maximum atomic E-state index is 12.6. The van der Waals surface area contributed by atoms with Crippen LogP contribution in [0.3, 0.4) is 0 Å². The number of nitrogens with one attached hydrogen (secondary N) is 1. The number of hydrogen-bond acceptors (Lipinski definition) is 2. The molecule has 0 amide bonds. The molecule has 0 bridgehead atoms. The van der Waals surface area contributed by atoms with Crippen LogP contribution in [-0.4, -0.2) is 6.01 Å². The highest BCUT2D eigenvalue weighted by molar-refractivity contribution is 6.33. The van der Waals surface area contributed by atoms with Gasteiger partial charge in [-0.15, -0.1) is 0 Å². The van der Waals surface area contributed by atoms with E-state index in [1.807, 2.05) is 0 Å². The Kier molecular flexibility index (Phi) is 2.36. The Bertz CT molecular complexity index is 318. The molecule has 0 heterocycles. The normalized spacial score (nSPS) is 8.91. The first-order valence-corrected chi connectivity index (χ1v) is 3.20. The van der Waals surface area contributed by atoms with E-state index in [-0.39, 0.29) is 10.7 Å². The highest BCUT2D eigenvalue weighted by Crippen LogP contribution is 2.26. The standard InChI is InChI=1S/C7H4ClFN2/c8-7-5(9)2-1-3-6(7)11-4-10/h1-3,10H. The number of benzene rings is 1. The first-order valence-electron chi connectivity index (χ1n) is 2.82. The number of hydrogen-bond donors (Lipinski definition) is 1. The number of aliphatic imine (C=N–C) groups is 1. The van der Waals surface area contributed by atoms with Crippen LogP contribution in [0.15, 0.2) is 23.2 Å². The summed E-state index contributed by atoms with van der Waals surface area (Å²) in [6.07, 6.45) is 0. The van der Waals surface area contributed by atoms with Gasteiger partial charge in [-0.25, -0.2) is 9.80 Å². The highest BCUT2D eigenvalue weighted by Gasteiger charge is 2.02. The van der Waals surface area contributed by atoms with Gasteiger partial charge >= 0.3 is 0 Å². The van der Waals surface area contributed by atoms with Gasteiger partial charge in [0.25, 0.3) is 0 Å². The van der Waals surface area contributed by atoms with Crippen LogP contribution in [0.5, 0.6) is 0 Å². The predicted molar refractivity (Wildman–Crippen MR) is 41.2 cm³/mol. The van der Waals surface area contributed by atoms with E-state index < -0.39 is 5.82 Å². The van der Waals surface area contributed by atoms with Crippen molar-refractivity contribution in [3.8, 4) is 0 Å². The molecule has 0 aromatic heterocycles. The maximum absolute atomic E-state index is 12.6. The smallest absolute Gasteiger partial charge is 0.144 e. The van der Waals surface area contributed by atoms with Gasteiger partial charge in [0.05, 0.1) is 11.7 Å². The van der Waals surface area contributed by atoms with Gasteiger partial charge in [-0.2, -0.15) is 4.99 Å². The molecule has 0 atom stereocenters. The monoisotopic (exact) mass is 170 g/mol. The van der Waals surface area contributed by atoms with Crippen LogP contribution in [0.25, 0.3) is 0 Å². The second-order valence-electron chi connectivity index (χ2n) is 1.80. The first kappa shape index (κ1) is 7.92. The summed E-state index contributed by atoms with van der Waals surface area (Å²) in [6.45, 7) is 0. The second-order valence-corrected chi connectivity index (χ2v) is 2.17. The highest BCUT2D eigenvalue weighted by atomic mass is 35.5. The number of halogens is 2. The lowest BCUT2D eigenvalue weighted by Crippen LogP contribution is -1.74. The average molecular weight is 171 g/mol. The van der Waals surface area contributed by atoms with Crippen LogP contribution >= 0.6 is 11.6 Å². The summed E-state index contributed by atoms with van der Waals surface area (Å²) in [7, 11) is 0. The average Bonchev–Trinajstić information content (AvgIpc) is 1.99. The Morgan fingerprint density at radius 1 is 1.55 bits per heavy atom. The molecule has 0 saturated carbocycles. The molecular weight excluding hydrogens is 167 g/mol. The van der Waals surface area contributed by atoms with Crippen LogP contribution in [0.4, 0.5) is 10.1 Å². The van der Waals surface area contributed by atoms with Crippen molar-refractivity contribution in [1.29, 1.82) is 5.41 Å². The summed E-state index contributed by atoms with van der Waals surface area (Å²) in [5.41, 5.74) is 0.224. The Morgan fingerprint density at radius 3 is 2.91 bits per heavy atom. The van der Waals surface area contributed by atoms with Crippen LogP contribution in [0, 0.1) is 11.2 Å². The molecule has 0 fully saturated rings. The Labute approximate surface area is 67.8 Å². The molecule has 0 aliphatic rings. The molecule has 56 valence electrons. The molecule has 0 unspecified atom stereocenters. The first-order chi connectivity index (χ1) is 5.25. The van der Waals surface area contributed by atoms with Gasteiger partial charge in [-0.05, 0) is 12.1 Å². The lowest BCUT2D eigenvalue weighted by molar-refractivity contribution is 0.628. The van der Waals surface area contributed by atoms with Crippen LogP contribution in [0.2, 0.25) is 5.02 Å². The molecule has 2 nitrogen and oxygen atoms in total. The third-order valence-electron chi connectivity index (χ3n) is 1.11. The van der Waals surface area contributed by atoms with Crippen molar-refractivity contribution < 1.29 is 4.39 Å². The summed E-state index contributed by atoms with van der Waals surface area (Å²) in [4.78, 5) is 3.41. The van der Waals surface area contributed by atoms with Gasteiger partial charge in [0.2, 0.25) is 0 Å². The number of nitrogens with zero attached hydrogens (tertiary/aromatic N) is 1. The summed E-state index contributed by atoms with van der Waals surface area (Å²) in [6, 6.07) is 5.98. The van der Waals surface area contributed by atoms with E-state index in [2.05, 4.69) is 4.99 Å². The quantitative estimate of drug-likeness (QED) is 0.630. The zero-order valence-corrected chi connectivity index (χ0v) is 6.19.